The number of benzene rings is 1. The molecule has 0 aliphatic heterocycles. The first kappa shape index (κ1) is 14.9. The minimum Gasteiger partial charge on any atom is -0.497 e. The third kappa shape index (κ3) is 3.16. The van der Waals surface area contributed by atoms with E-state index in [0.717, 1.165) is 4.68 Å². The third-order valence-corrected chi connectivity index (χ3v) is 3.03. The van der Waals surface area contributed by atoms with Crippen molar-refractivity contribution in [3.8, 4) is 11.5 Å². The van der Waals surface area contributed by atoms with Crippen LogP contribution in [0, 0.1) is 11.7 Å². The van der Waals surface area contributed by atoms with Crippen LogP contribution in [0.1, 0.15) is 11.3 Å². The van der Waals surface area contributed by atoms with Crippen LogP contribution in [0.3, 0.4) is 0 Å². The molecule has 1 aromatic heterocycles. The van der Waals surface area contributed by atoms with E-state index in [-0.39, 0.29) is 16.0 Å². The monoisotopic (exact) mass is 306 g/mol. The highest BCUT2D eigenvalue weighted by molar-refractivity contribution is 7.71. The van der Waals surface area contributed by atoms with Crippen LogP contribution in [-0.4, -0.2) is 35.3 Å². The van der Waals surface area contributed by atoms with Crippen molar-refractivity contribution in [2.24, 2.45) is 5.10 Å². The number of ether oxygens (including phenoxy) is 2. The topological polar surface area (TPSA) is 81.5 Å². The standard InChI is InChI=1S/C13H14N4O3S/c1-8-12(18)17(13(21)16-15-8)14-7-9-4-5-10(19-2)6-11(9)20-3/h4-7H,1-3H3,(H,16,21)/b14-7-. The van der Waals surface area contributed by atoms with Gasteiger partial charge in [-0.1, -0.05) is 0 Å². The second-order valence-corrected chi connectivity index (χ2v) is 4.47. The van der Waals surface area contributed by atoms with Gasteiger partial charge in [0.2, 0.25) is 4.77 Å². The zero-order chi connectivity index (χ0) is 15.4. The molecule has 0 aliphatic carbocycles. The highest BCUT2D eigenvalue weighted by Gasteiger charge is 2.04. The summed E-state index contributed by atoms with van der Waals surface area (Å²) >= 11 is 5.00. The predicted octanol–water partition coefficient (Wildman–Crippen LogP) is 1.51. The fourth-order valence-electron chi connectivity index (χ4n) is 1.62. The number of nitrogens with one attached hydrogen (secondary N) is 1. The summed E-state index contributed by atoms with van der Waals surface area (Å²) in [6.07, 6.45) is 1.49. The van der Waals surface area contributed by atoms with Gasteiger partial charge in [0.05, 0.1) is 20.4 Å². The average Bonchev–Trinajstić information content (AvgIpc) is 2.51. The van der Waals surface area contributed by atoms with Crippen LogP contribution < -0.4 is 15.0 Å². The maximum Gasteiger partial charge on any atom is 0.296 e. The molecular weight excluding hydrogens is 292 g/mol. The van der Waals surface area contributed by atoms with Gasteiger partial charge in [-0.3, -0.25) is 9.89 Å². The molecule has 110 valence electrons. The number of aromatic amines is 1. The van der Waals surface area contributed by atoms with Gasteiger partial charge < -0.3 is 9.47 Å². The van der Waals surface area contributed by atoms with E-state index in [2.05, 4.69) is 15.3 Å². The molecule has 1 N–H and O–H groups in total. The fraction of sp³-hybridized carbons (Fsp3) is 0.231. The van der Waals surface area contributed by atoms with Gasteiger partial charge in [0.1, 0.15) is 17.2 Å². The SMILES string of the molecule is COc1ccc(/C=N\n2c(=S)[nH]nc(C)c2=O)c(OC)c1. The summed E-state index contributed by atoms with van der Waals surface area (Å²) in [4.78, 5) is 11.9. The van der Waals surface area contributed by atoms with Crippen LogP contribution in [0.15, 0.2) is 28.1 Å². The van der Waals surface area contributed by atoms with E-state index in [9.17, 15) is 4.79 Å². The fourth-order valence-corrected chi connectivity index (χ4v) is 1.80. The Hall–Kier alpha value is -2.48. The van der Waals surface area contributed by atoms with Gasteiger partial charge in [-0.2, -0.15) is 14.9 Å². The number of rotatable bonds is 4. The molecule has 0 spiro atoms. The van der Waals surface area contributed by atoms with Gasteiger partial charge in [0, 0.05) is 11.6 Å². The molecular formula is C13H14N4O3S. The van der Waals surface area contributed by atoms with Gasteiger partial charge in [0.25, 0.3) is 5.56 Å². The molecule has 21 heavy (non-hydrogen) atoms. The van der Waals surface area contributed by atoms with Crippen molar-refractivity contribution in [1.29, 1.82) is 0 Å². The Bertz CT molecular complexity index is 795. The predicted molar refractivity (Wildman–Crippen MR) is 81.0 cm³/mol. The summed E-state index contributed by atoms with van der Waals surface area (Å²) < 4.78 is 11.6. The van der Waals surface area contributed by atoms with Crippen molar-refractivity contribution in [3.63, 3.8) is 0 Å². The number of aryl methyl sites for hydroxylation is 1. The van der Waals surface area contributed by atoms with Crippen molar-refractivity contribution in [2.45, 2.75) is 6.92 Å². The molecule has 0 amide bonds. The van der Waals surface area contributed by atoms with E-state index in [1.807, 2.05) is 0 Å². The summed E-state index contributed by atoms with van der Waals surface area (Å²) in [6, 6.07) is 5.26. The Balaban J connectivity index is 2.45. The molecule has 0 fully saturated rings. The van der Waals surface area contributed by atoms with Gasteiger partial charge >= 0.3 is 0 Å². The second kappa shape index (κ2) is 6.31. The minimum absolute atomic E-state index is 0.120. The number of aromatic nitrogens is 3. The summed E-state index contributed by atoms with van der Waals surface area (Å²) in [7, 11) is 3.11. The maximum atomic E-state index is 11.9. The molecule has 0 atom stereocenters. The van der Waals surface area contributed by atoms with Crippen LogP contribution in [0.2, 0.25) is 0 Å². The van der Waals surface area contributed by atoms with Crippen molar-refractivity contribution >= 4 is 18.4 Å². The van der Waals surface area contributed by atoms with E-state index >= 15 is 0 Å². The van der Waals surface area contributed by atoms with Gasteiger partial charge in [0.15, 0.2) is 0 Å². The Kier molecular flexibility index (Phi) is 4.49. The molecule has 0 saturated carbocycles. The van der Waals surface area contributed by atoms with Gasteiger partial charge in [-0.15, -0.1) is 0 Å². The molecule has 2 rings (SSSR count). The lowest BCUT2D eigenvalue weighted by Crippen LogP contribution is -2.22. The smallest absolute Gasteiger partial charge is 0.296 e. The lowest BCUT2D eigenvalue weighted by atomic mass is 10.2. The van der Waals surface area contributed by atoms with Gasteiger partial charge in [-0.25, -0.2) is 0 Å². The van der Waals surface area contributed by atoms with Crippen molar-refractivity contribution < 1.29 is 9.47 Å². The molecule has 1 heterocycles. The Morgan fingerprint density at radius 1 is 1.38 bits per heavy atom. The van der Waals surface area contributed by atoms with E-state index in [1.165, 1.54) is 6.21 Å². The lowest BCUT2D eigenvalue weighted by molar-refractivity contribution is 0.394. The van der Waals surface area contributed by atoms with E-state index in [4.69, 9.17) is 21.7 Å². The molecule has 2 aromatic rings. The van der Waals surface area contributed by atoms with Crippen LogP contribution in [-0.2, 0) is 0 Å². The molecule has 1 aromatic carbocycles. The molecule has 0 unspecified atom stereocenters. The van der Waals surface area contributed by atoms with E-state index < -0.39 is 0 Å². The highest BCUT2D eigenvalue weighted by atomic mass is 32.1. The Labute approximate surface area is 125 Å². The van der Waals surface area contributed by atoms with E-state index in [0.29, 0.717) is 17.1 Å². The van der Waals surface area contributed by atoms with Crippen LogP contribution in [0.5, 0.6) is 11.5 Å². The summed E-state index contributed by atoms with van der Waals surface area (Å²) in [5.41, 5.74) is 0.596. The quantitative estimate of drug-likeness (QED) is 0.684. The average molecular weight is 306 g/mol. The molecule has 8 heteroatoms. The Morgan fingerprint density at radius 3 is 2.81 bits per heavy atom. The molecule has 0 saturated heterocycles. The highest BCUT2D eigenvalue weighted by Crippen LogP contribution is 2.23. The number of methoxy groups -OCH3 is 2. The van der Waals surface area contributed by atoms with Gasteiger partial charge in [-0.05, 0) is 31.3 Å². The first-order chi connectivity index (χ1) is 10.1. The summed E-state index contributed by atoms with van der Waals surface area (Å²) in [5, 5.41) is 10.4. The third-order valence-electron chi connectivity index (χ3n) is 2.77. The van der Waals surface area contributed by atoms with Crippen molar-refractivity contribution in [2.75, 3.05) is 14.2 Å². The number of hydrogen-bond donors (Lipinski definition) is 1. The largest absolute Gasteiger partial charge is 0.497 e. The first-order valence-corrected chi connectivity index (χ1v) is 6.42. The minimum atomic E-state index is -0.373. The number of hydrogen-bond acceptors (Lipinski definition) is 6. The molecule has 0 radical (unpaired) electrons. The van der Waals surface area contributed by atoms with Crippen molar-refractivity contribution in [1.82, 2.24) is 14.9 Å². The normalized spacial score (nSPS) is 10.8. The zero-order valence-corrected chi connectivity index (χ0v) is 12.6. The maximum absolute atomic E-state index is 11.9. The number of nitrogens with zero attached hydrogens (tertiary/aromatic N) is 3. The molecule has 0 aliphatic rings. The number of H-pyrrole nitrogens is 1. The van der Waals surface area contributed by atoms with Crippen LogP contribution in [0.4, 0.5) is 0 Å². The van der Waals surface area contributed by atoms with Crippen LogP contribution in [0.25, 0.3) is 0 Å². The zero-order valence-electron chi connectivity index (χ0n) is 11.8. The summed E-state index contributed by atoms with van der Waals surface area (Å²) in [6.45, 7) is 1.58. The molecule has 0 bridgehead atoms. The Morgan fingerprint density at radius 2 is 2.14 bits per heavy atom. The second-order valence-electron chi connectivity index (χ2n) is 4.08. The van der Waals surface area contributed by atoms with Crippen LogP contribution >= 0.6 is 12.2 Å². The molecule has 7 nitrogen and oxygen atoms in total. The van der Waals surface area contributed by atoms with Crippen molar-refractivity contribution in [3.05, 3.63) is 44.6 Å². The lowest BCUT2D eigenvalue weighted by Gasteiger charge is -2.07. The van der Waals surface area contributed by atoms with E-state index in [1.54, 1.807) is 39.3 Å². The summed E-state index contributed by atoms with van der Waals surface area (Å²) in [5.74, 6) is 1.24. The first-order valence-electron chi connectivity index (χ1n) is 6.01.